The highest BCUT2D eigenvalue weighted by molar-refractivity contribution is 5.97. The molecule has 2 amide bonds. The second-order valence-electron chi connectivity index (χ2n) is 3.43. The summed E-state index contributed by atoms with van der Waals surface area (Å²) in [6.07, 6.45) is 0.224. The second kappa shape index (κ2) is 6.85. The summed E-state index contributed by atoms with van der Waals surface area (Å²) in [5.74, 6) is -0.656. The molecule has 1 aliphatic rings. The van der Waals surface area contributed by atoms with Crippen molar-refractivity contribution in [1.82, 2.24) is 4.90 Å². The van der Waals surface area contributed by atoms with E-state index in [1.165, 1.54) is 7.11 Å². The molecule has 17 heavy (non-hydrogen) atoms. The van der Waals surface area contributed by atoms with Gasteiger partial charge in [-0.2, -0.15) is 0 Å². The Balaban J connectivity index is 2.26. The molecule has 1 rings (SSSR count). The normalized spacial score (nSPS) is 15.9. The van der Waals surface area contributed by atoms with Crippen LogP contribution in [0, 0.1) is 0 Å². The molecule has 0 radical (unpaired) electrons. The van der Waals surface area contributed by atoms with Gasteiger partial charge >= 0.3 is 6.16 Å². The fourth-order valence-electron chi connectivity index (χ4n) is 1.31. The van der Waals surface area contributed by atoms with Gasteiger partial charge in [0.15, 0.2) is 6.73 Å². The van der Waals surface area contributed by atoms with E-state index >= 15 is 0 Å². The first-order chi connectivity index (χ1) is 8.15. The van der Waals surface area contributed by atoms with Gasteiger partial charge < -0.3 is 14.2 Å². The molecular weight excluding hydrogens is 230 g/mol. The first-order valence-electron chi connectivity index (χ1n) is 5.27. The van der Waals surface area contributed by atoms with Crippen molar-refractivity contribution >= 4 is 18.0 Å². The maximum Gasteiger partial charge on any atom is 0.510 e. The first-order valence-corrected chi connectivity index (χ1v) is 5.27. The van der Waals surface area contributed by atoms with E-state index in [4.69, 9.17) is 0 Å². The van der Waals surface area contributed by atoms with Crippen molar-refractivity contribution in [2.75, 3.05) is 27.1 Å². The molecule has 0 spiro atoms. The van der Waals surface area contributed by atoms with E-state index in [2.05, 4.69) is 14.2 Å². The van der Waals surface area contributed by atoms with Gasteiger partial charge in [-0.3, -0.25) is 9.59 Å². The van der Waals surface area contributed by atoms with E-state index in [-0.39, 0.29) is 31.8 Å². The molecule has 0 bridgehead atoms. The number of hydrogen-bond acceptors (Lipinski definition) is 6. The number of hydrogen-bond donors (Lipinski definition) is 0. The fraction of sp³-hybridized carbons (Fsp3) is 0.700. The molecule has 7 heteroatoms. The van der Waals surface area contributed by atoms with Crippen LogP contribution in [0.5, 0.6) is 0 Å². The van der Waals surface area contributed by atoms with Gasteiger partial charge in [0, 0.05) is 20.0 Å². The van der Waals surface area contributed by atoms with Gasteiger partial charge in [0.05, 0.1) is 6.61 Å². The SMILES string of the molecule is COCCOC(=O)OCN1C(=O)CCCC1=O. The lowest BCUT2D eigenvalue weighted by molar-refractivity contribution is -0.153. The van der Waals surface area contributed by atoms with E-state index in [1.54, 1.807) is 0 Å². The smallest absolute Gasteiger partial charge is 0.432 e. The summed E-state index contributed by atoms with van der Waals surface area (Å²) in [6, 6.07) is 0. The van der Waals surface area contributed by atoms with Gasteiger partial charge in [-0.25, -0.2) is 9.69 Å². The Morgan fingerprint density at radius 1 is 1.18 bits per heavy atom. The van der Waals surface area contributed by atoms with Gasteiger partial charge in [-0.1, -0.05) is 0 Å². The number of rotatable bonds is 5. The Labute approximate surface area is 98.6 Å². The van der Waals surface area contributed by atoms with Crippen LogP contribution < -0.4 is 0 Å². The van der Waals surface area contributed by atoms with Crippen molar-refractivity contribution in [2.45, 2.75) is 19.3 Å². The van der Waals surface area contributed by atoms with Crippen LogP contribution in [0.25, 0.3) is 0 Å². The van der Waals surface area contributed by atoms with Gasteiger partial charge in [-0.15, -0.1) is 0 Å². The highest BCUT2D eigenvalue weighted by Gasteiger charge is 2.26. The molecule has 0 unspecified atom stereocenters. The van der Waals surface area contributed by atoms with Crippen LogP contribution in [0.1, 0.15) is 19.3 Å². The van der Waals surface area contributed by atoms with Crippen LogP contribution in [0.15, 0.2) is 0 Å². The molecule has 1 fully saturated rings. The molecule has 7 nitrogen and oxygen atoms in total. The largest absolute Gasteiger partial charge is 0.510 e. The topological polar surface area (TPSA) is 82.1 Å². The molecule has 1 saturated heterocycles. The van der Waals surface area contributed by atoms with Crippen LogP contribution >= 0.6 is 0 Å². The standard InChI is InChI=1S/C10H15NO6/c1-15-5-6-16-10(14)17-7-11-8(12)3-2-4-9(11)13/h2-7H2,1H3. The average molecular weight is 245 g/mol. The van der Waals surface area contributed by atoms with Crippen molar-refractivity contribution in [2.24, 2.45) is 0 Å². The molecule has 0 aromatic carbocycles. The number of amides is 2. The van der Waals surface area contributed by atoms with Crippen molar-refractivity contribution < 1.29 is 28.6 Å². The number of methoxy groups -OCH3 is 1. The van der Waals surface area contributed by atoms with Crippen molar-refractivity contribution in [1.29, 1.82) is 0 Å². The van der Waals surface area contributed by atoms with Crippen LogP contribution in [0.2, 0.25) is 0 Å². The third-order valence-electron chi connectivity index (χ3n) is 2.20. The minimum atomic E-state index is -0.923. The average Bonchev–Trinajstić information content (AvgIpc) is 2.29. The zero-order chi connectivity index (χ0) is 12.7. The number of nitrogens with zero attached hydrogens (tertiary/aromatic N) is 1. The quantitative estimate of drug-likeness (QED) is 0.393. The zero-order valence-corrected chi connectivity index (χ0v) is 9.64. The molecular formula is C10H15NO6. The maximum atomic E-state index is 11.3. The lowest BCUT2D eigenvalue weighted by atomic mass is 10.1. The first kappa shape index (κ1) is 13.4. The van der Waals surface area contributed by atoms with Gasteiger partial charge in [0.1, 0.15) is 6.61 Å². The zero-order valence-electron chi connectivity index (χ0n) is 9.64. The number of carbonyl (C=O) groups is 3. The lowest BCUT2D eigenvalue weighted by Crippen LogP contribution is -2.42. The number of likely N-dealkylation sites (tertiary alicyclic amines) is 1. The van der Waals surface area contributed by atoms with Crippen molar-refractivity contribution in [3.05, 3.63) is 0 Å². The molecule has 0 atom stereocenters. The third-order valence-corrected chi connectivity index (χ3v) is 2.20. The predicted octanol–water partition coefficient (Wildman–Crippen LogP) is 0.283. The van der Waals surface area contributed by atoms with Crippen LogP contribution in [-0.4, -0.2) is 49.9 Å². The summed E-state index contributed by atoms with van der Waals surface area (Å²) in [7, 11) is 1.47. The van der Waals surface area contributed by atoms with Crippen LogP contribution in [0.3, 0.4) is 0 Å². The van der Waals surface area contributed by atoms with Crippen LogP contribution in [0.4, 0.5) is 4.79 Å². The van der Waals surface area contributed by atoms with Gasteiger partial charge in [0.2, 0.25) is 11.8 Å². The Bertz CT molecular complexity index is 287. The van der Waals surface area contributed by atoms with E-state index in [1.807, 2.05) is 0 Å². The Morgan fingerprint density at radius 2 is 1.82 bits per heavy atom. The van der Waals surface area contributed by atoms with Gasteiger partial charge in [-0.05, 0) is 6.42 Å². The molecule has 0 saturated carbocycles. The Kier molecular flexibility index (Phi) is 5.41. The number of carbonyl (C=O) groups excluding carboxylic acids is 3. The molecule has 0 N–H and O–H groups in total. The fourth-order valence-corrected chi connectivity index (χ4v) is 1.31. The second-order valence-corrected chi connectivity index (χ2v) is 3.43. The Morgan fingerprint density at radius 3 is 2.41 bits per heavy atom. The van der Waals surface area contributed by atoms with E-state index in [0.29, 0.717) is 19.3 Å². The molecule has 1 aliphatic heterocycles. The predicted molar refractivity (Wildman–Crippen MR) is 54.9 cm³/mol. The van der Waals surface area contributed by atoms with Crippen molar-refractivity contribution in [3.63, 3.8) is 0 Å². The minimum absolute atomic E-state index is 0.0667. The highest BCUT2D eigenvalue weighted by Crippen LogP contribution is 2.11. The molecule has 1 heterocycles. The van der Waals surface area contributed by atoms with E-state index in [0.717, 1.165) is 4.90 Å². The summed E-state index contributed by atoms with van der Waals surface area (Å²) in [5, 5.41) is 0. The van der Waals surface area contributed by atoms with Gasteiger partial charge in [0.25, 0.3) is 0 Å². The molecule has 0 aromatic heterocycles. The number of ether oxygens (including phenoxy) is 3. The summed E-state index contributed by atoms with van der Waals surface area (Å²) in [6.45, 7) is -0.0582. The molecule has 96 valence electrons. The van der Waals surface area contributed by atoms with Crippen molar-refractivity contribution in [3.8, 4) is 0 Å². The monoisotopic (exact) mass is 245 g/mol. The summed E-state index contributed by atoms with van der Waals surface area (Å²) in [4.78, 5) is 34.6. The third kappa shape index (κ3) is 4.39. The van der Waals surface area contributed by atoms with E-state index in [9.17, 15) is 14.4 Å². The maximum absolute atomic E-state index is 11.3. The summed E-state index contributed by atoms with van der Waals surface area (Å²) < 4.78 is 13.9. The Hall–Kier alpha value is -1.63. The molecule has 0 aromatic rings. The summed E-state index contributed by atoms with van der Waals surface area (Å²) >= 11 is 0. The van der Waals surface area contributed by atoms with E-state index < -0.39 is 6.16 Å². The highest BCUT2D eigenvalue weighted by atomic mass is 16.7. The summed E-state index contributed by atoms with van der Waals surface area (Å²) in [5.41, 5.74) is 0. The molecule has 0 aliphatic carbocycles. The lowest BCUT2D eigenvalue weighted by Gasteiger charge is -2.23. The minimum Gasteiger partial charge on any atom is -0.432 e. The van der Waals surface area contributed by atoms with Crippen LogP contribution in [-0.2, 0) is 23.8 Å². The number of imide groups is 1. The number of piperidine rings is 1.